The van der Waals surface area contributed by atoms with Crippen LogP contribution in [0.25, 0.3) is 0 Å². The molecule has 1 aromatic heterocycles. The number of piperidine rings is 1. The largest absolute Gasteiger partial charge is 0.474 e. The molecule has 2 aliphatic rings. The molecule has 152 valence electrons. The number of likely N-dealkylation sites (tertiary alicyclic amines) is 1. The van der Waals surface area contributed by atoms with Crippen molar-refractivity contribution in [2.45, 2.75) is 39.3 Å². The van der Waals surface area contributed by atoms with Crippen LogP contribution in [0, 0.1) is 5.92 Å². The summed E-state index contributed by atoms with van der Waals surface area (Å²) in [4.78, 5) is 33.1. The Hall–Kier alpha value is -2.73. The highest BCUT2D eigenvalue weighted by Gasteiger charge is 2.35. The Kier molecular flexibility index (Phi) is 5.62. The maximum Gasteiger partial charge on any atom is 0.261 e. The van der Waals surface area contributed by atoms with Crippen molar-refractivity contribution in [1.82, 2.24) is 14.8 Å². The highest BCUT2D eigenvalue weighted by Crippen LogP contribution is 2.25. The number of imide groups is 1. The number of hydrogen-bond donors (Lipinski definition) is 0. The summed E-state index contributed by atoms with van der Waals surface area (Å²) in [7, 11) is 0. The molecule has 2 aliphatic heterocycles. The summed E-state index contributed by atoms with van der Waals surface area (Å²) in [6, 6.07) is 10.6. The van der Waals surface area contributed by atoms with Crippen LogP contribution in [-0.4, -0.2) is 52.3 Å². The molecular weight excluding hydrogens is 366 g/mol. The number of amides is 2. The molecule has 3 heterocycles. The molecule has 1 saturated heterocycles. The van der Waals surface area contributed by atoms with Crippen molar-refractivity contribution < 1.29 is 14.3 Å². The summed E-state index contributed by atoms with van der Waals surface area (Å²) in [6.07, 6.45) is 3.89. The number of hydrogen-bond acceptors (Lipinski definition) is 5. The lowest BCUT2D eigenvalue weighted by atomic mass is 10.1. The highest BCUT2D eigenvalue weighted by molar-refractivity contribution is 6.21. The van der Waals surface area contributed by atoms with E-state index < -0.39 is 0 Å². The van der Waals surface area contributed by atoms with E-state index in [1.165, 1.54) is 4.90 Å². The Morgan fingerprint density at radius 2 is 1.69 bits per heavy atom. The Bertz CT molecular complexity index is 851. The first kappa shape index (κ1) is 19.6. The molecule has 1 aromatic carbocycles. The van der Waals surface area contributed by atoms with Gasteiger partial charge in [0.25, 0.3) is 11.8 Å². The van der Waals surface area contributed by atoms with Gasteiger partial charge in [0.2, 0.25) is 5.88 Å². The van der Waals surface area contributed by atoms with Gasteiger partial charge in [-0.2, -0.15) is 0 Å². The number of aromatic nitrogens is 1. The van der Waals surface area contributed by atoms with E-state index in [0.29, 0.717) is 22.9 Å². The van der Waals surface area contributed by atoms with Crippen molar-refractivity contribution in [2.24, 2.45) is 5.92 Å². The van der Waals surface area contributed by atoms with Gasteiger partial charge in [0.1, 0.15) is 6.10 Å². The van der Waals surface area contributed by atoms with Gasteiger partial charge in [-0.25, -0.2) is 4.98 Å². The maximum absolute atomic E-state index is 12.5. The van der Waals surface area contributed by atoms with Crippen LogP contribution in [0.1, 0.15) is 53.0 Å². The third-order valence-electron chi connectivity index (χ3n) is 5.46. The zero-order chi connectivity index (χ0) is 20.4. The Balaban J connectivity index is 1.33. The second kappa shape index (κ2) is 8.33. The molecule has 29 heavy (non-hydrogen) atoms. The fourth-order valence-corrected chi connectivity index (χ4v) is 4.04. The van der Waals surface area contributed by atoms with Crippen LogP contribution in [0.15, 0.2) is 42.6 Å². The first-order valence-electron chi connectivity index (χ1n) is 10.3. The molecule has 1 fully saturated rings. The van der Waals surface area contributed by atoms with Gasteiger partial charge in [-0.1, -0.05) is 32.0 Å². The van der Waals surface area contributed by atoms with Gasteiger partial charge in [-0.05, 0) is 36.5 Å². The molecule has 0 N–H and O–H groups in total. The van der Waals surface area contributed by atoms with Crippen LogP contribution < -0.4 is 4.74 Å². The van der Waals surface area contributed by atoms with E-state index in [9.17, 15) is 9.59 Å². The first-order chi connectivity index (χ1) is 14.0. The lowest BCUT2D eigenvalue weighted by Crippen LogP contribution is -2.40. The van der Waals surface area contributed by atoms with Crippen molar-refractivity contribution in [2.75, 3.05) is 19.6 Å². The Morgan fingerprint density at radius 3 is 2.24 bits per heavy atom. The quantitative estimate of drug-likeness (QED) is 0.704. The van der Waals surface area contributed by atoms with Gasteiger partial charge in [-0.3, -0.25) is 14.5 Å². The summed E-state index contributed by atoms with van der Waals surface area (Å²) in [6.45, 7) is 7.96. The van der Waals surface area contributed by atoms with E-state index >= 15 is 0 Å². The molecular formula is C23H27N3O3. The lowest BCUT2D eigenvalue weighted by molar-refractivity contribution is 0.0642. The van der Waals surface area contributed by atoms with Gasteiger partial charge in [0.05, 0.1) is 17.7 Å². The first-order valence-corrected chi connectivity index (χ1v) is 10.3. The number of benzene rings is 1. The van der Waals surface area contributed by atoms with Crippen LogP contribution >= 0.6 is 0 Å². The van der Waals surface area contributed by atoms with Crippen molar-refractivity contribution in [3.8, 4) is 5.88 Å². The van der Waals surface area contributed by atoms with Crippen molar-refractivity contribution in [3.63, 3.8) is 0 Å². The molecule has 2 amide bonds. The highest BCUT2D eigenvalue weighted by atomic mass is 16.5. The molecule has 0 saturated carbocycles. The van der Waals surface area contributed by atoms with E-state index in [-0.39, 0.29) is 24.5 Å². The summed E-state index contributed by atoms with van der Waals surface area (Å²) >= 11 is 0. The second-order valence-electron chi connectivity index (χ2n) is 8.26. The predicted molar refractivity (Wildman–Crippen MR) is 110 cm³/mol. The lowest BCUT2D eigenvalue weighted by Gasteiger charge is -2.32. The van der Waals surface area contributed by atoms with E-state index in [1.54, 1.807) is 30.5 Å². The maximum atomic E-state index is 12.5. The van der Waals surface area contributed by atoms with Gasteiger partial charge in [0, 0.05) is 31.9 Å². The molecule has 0 bridgehead atoms. The average molecular weight is 393 g/mol. The van der Waals surface area contributed by atoms with Crippen LogP contribution in [-0.2, 0) is 6.54 Å². The third-order valence-corrected chi connectivity index (χ3v) is 5.46. The second-order valence-corrected chi connectivity index (χ2v) is 8.26. The van der Waals surface area contributed by atoms with Crippen molar-refractivity contribution >= 4 is 11.8 Å². The fourth-order valence-electron chi connectivity index (χ4n) is 4.04. The molecule has 0 radical (unpaired) electrons. The Labute approximate surface area is 171 Å². The molecule has 6 nitrogen and oxygen atoms in total. The zero-order valence-electron chi connectivity index (χ0n) is 17.0. The standard InChI is InChI=1S/C23H27N3O3/c1-16(2)14-25-11-9-18(10-12-25)29-21-8-7-17(13-24-21)15-26-22(27)19-5-3-4-6-20(19)23(26)28/h3-8,13,16,18H,9-12,14-15H2,1-2H3. The SMILES string of the molecule is CC(C)CN1CCC(Oc2ccc(CN3C(=O)c4ccccc4C3=O)cn2)CC1. The summed E-state index contributed by atoms with van der Waals surface area (Å²) in [5.41, 5.74) is 1.74. The molecule has 0 spiro atoms. The molecule has 2 aromatic rings. The molecule has 0 unspecified atom stereocenters. The van der Waals surface area contributed by atoms with Gasteiger partial charge >= 0.3 is 0 Å². The van der Waals surface area contributed by atoms with Crippen LogP contribution in [0.5, 0.6) is 5.88 Å². The molecule has 0 atom stereocenters. The average Bonchev–Trinajstić information content (AvgIpc) is 2.96. The van der Waals surface area contributed by atoms with E-state index in [4.69, 9.17) is 4.74 Å². The van der Waals surface area contributed by atoms with Crippen molar-refractivity contribution in [3.05, 3.63) is 59.3 Å². The smallest absolute Gasteiger partial charge is 0.261 e. The number of carbonyl (C=O) groups is 2. The van der Waals surface area contributed by atoms with Crippen molar-refractivity contribution in [1.29, 1.82) is 0 Å². The van der Waals surface area contributed by atoms with Crippen LogP contribution in [0.4, 0.5) is 0 Å². The minimum absolute atomic E-state index is 0.188. The number of ether oxygens (including phenoxy) is 1. The molecule has 0 aliphatic carbocycles. The topological polar surface area (TPSA) is 62.7 Å². The number of carbonyl (C=O) groups excluding carboxylic acids is 2. The van der Waals surface area contributed by atoms with E-state index in [0.717, 1.165) is 38.0 Å². The zero-order valence-corrected chi connectivity index (χ0v) is 17.0. The van der Waals surface area contributed by atoms with Gasteiger partial charge in [0.15, 0.2) is 0 Å². The van der Waals surface area contributed by atoms with Gasteiger partial charge in [-0.15, -0.1) is 0 Å². The number of rotatable bonds is 6. The Morgan fingerprint density at radius 1 is 1.03 bits per heavy atom. The van der Waals surface area contributed by atoms with Gasteiger partial charge < -0.3 is 9.64 Å². The monoisotopic (exact) mass is 393 g/mol. The molecule has 6 heteroatoms. The predicted octanol–water partition coefficient (Wildman–Crippen LogP) is 3.38. The normalized spacial score (nSPS) is 17.8. The summed E-state index contributed by atoms with van der Waals surface area (Å²) in [5, 5.41) is 0. The number of nitrogens with zero attached hydrogens (tertiary/aromatic N) is 3. The van der Waals surface area contributed by atoms with Crippen LogP contribution in [0.3, 0.4) is 0 Å². The third kappa shape index (κ3) is 4.32. The fraction of sp³-hybridized carbons (Fsp3) is 0.435. The van der Waals surface area contributed by atoms with E-state index in [2.05, 4.69) is 23.7 Å². The summed E-state index contributed by atoms with van der Waals surface area (Å²) in [5.74, 6) is 0.778. The number of pyridine rings is 1. The summed E-state index contributed by atoms with van der Waals surface area (Å²) < 4.78 is 6.04. The van der Waals surface area contributed by atoms with E-state index in [1.807, 2.05) is 12.1 Å². The minimum Gasteiger partial charge on any atom is -0.474 e. The van der Waals surface area contributed by atoms with Crippen LogP contribution in [0.2, 0.25) is 0 Å². The minimum atomic E-state index is -0.251. The number of fused-ring (bicyclic) bond motifs is 1. The molecule has 4 rings (SSSR count).